The second-order valence-corrected chi connectivity index (χ2v) is 4.93. The molecule has 1 amide bonds. The van der Waals surface area contributed by atoms with Crippen LogP contribution in [0.25, 0.3) is 10.9 Å². The van der Waals surface area contributed by atoms with E-state index in [1.807, 2.05) is 30.1 Å². The minimum atomic E-state index is 0.0587. The second-order valence-electron chi connectivity index (χ2n) is 4.93. The molecule has 5 heteroatoms. The molecule has 0 radical (unpaired) electrons. The molecule has 1 N–H and O–H groups in total. The Morgan fingerprint density at radius 1 is 1.42 bits per heavy atom. The lowest BCUT2D eigenvalue weighted by Crippen LogP contribution is -2.40. The van der Waals surface area contributed by atoms with Crippen molar-refractivity contribution in [1.29, 1.82) is 0 Å². The Bertz CT molecular complexity index is 587. The first-order valence-corrected chi connectivity index (χ1v) is 6.54. The van der Waals surface area contributed by atoms with Crippen molar-refractivity contribution in [3.8, 4) is 0 Å². The lowest BCUT2D eigenvalue weighted by molar-refractivity contribution is 0.0362. The molecule has 2 heterocycles. The number of nitrogens with one attached hydrogen (secondary N) is 1. The summed E-state index contributed by atoms with van der Waals surface area (Å²) in [7, 11) is 1.87. The van der Waals surface area contributed by atoms with Crippen LogP contribution in [0.1, 0.15) is 23.2 Å². The molecule has 0 unspecified atom stereocenters. The normalized spacial score (nSPS) is 16.7. The fraction of sp³-hybridized carbons (Fsp3) is 0.429. The average Bonchev–Trinajstić information content (AvgIpc) is 2.94. The van der Waals surface area contributed by atoms with Crippen molar-refractivity contribution in [2.45, 2.75) is 18.9 Å². The number of carbonyl (C=O) groups excluding carboxylic acids is 1. The van der Waals surface area contributed by atoms with E-state index >= 15 is 0 Å². The van der Waals surface area contributed by atoms with Gasteiger partial charge in [0.25, 0.3) is 5.91 Å². The van der Waals surface area contributed by atoms with Gasteiger partial charge in [-0.15, -0.1) is 0 Å². The van der Waals surface area contributed by atoms with Crippen LogP contribution in [0.2, 0.25) is 0 Å². The first-order chi connectivity index (χ1) is 9.25. The maximum Gasteiger partial charge on any atom is 0.253 e. The largest absolute Gasteiger partial charge is 0.381 e. The molecule has 1 aliphatic rings. The highest BCUT2D eigenvalue weighted by Gasteiger charge is 2.23. The topological polar surface area (TPSA) is 58.2 Å². The van der Waals surface area contributed by atoms with Crippen LogP contribution in [0.3, 0.4) is 0 Å². The number of fused-ring (bicyclic) bond motifs is 1. The number of carbonyl (C=O) groups is 1. The number of nitrogens with zero attached hydrogens (tertiary/aromatic N) is 2. The van der Waals surface area contributed by atoms with E-state index in [-0.39, 0.29) is 11.9 Å². The van der Waals surface area contributed by atoms with Crippen molar-refractivity contribution in [3.05, 3.63) is 30.0 Å². The molecule has 3 rings (SSSR count). The average molecular weight is 259 g/mol. The molecule has 100 valence electrons. The summed E-state index contributed by atoms with van der Waals surface area (Å²) in [4.78, 5) is 14.3. The van der Waals surface area contributed by atoms with Gasteiger partial charge in [0.15, 0.2) is 0 Å². The molecule has 1 aromatic heterocycles. The molecule has 1 aromatic carbocycles. The van der Waals surface area contributed by atoms with Crippen LogP contribution in [-0.2, 0) is 4.74 Å². The predicted octanol–water partition coefficient (Wildman–Crippen LogP) is 1.81. The minimum Gasteiger partial charge on any atom is -0.381 e. The summed E-state index contributed by atoms with van der Waals surface area (Å²) in [5, 5.41) is 7.88. The molecule has 19 heavy (non-hydrogen) atoms. The van der Waals surface area contributed by atoms with Gasteiger partial charge >= 0.3 is 0 Å². The Morgan fingerprint density at radius 2 is 2.21 bits per heavy atom. The lowest BCUT2D eigenvalue weighted by atomic mass is 10.1. The number of H-pyrrole nitrogens is 1. The molecule has 0 aliphatic carbocycles. The molecule has 0 bridgehead atoms. The first kappa shape index (κ1) is 12.2. The Kier molecular flexibility index (Phi) is 3.21. The fourth-order valence-corrected chi connectivity index (χ4v) is 2.51. The van der Waals surface area contributed by atoms with E-state index in [4.69, 9.17) is 4.74 Å². The highest BCUT2D eigenvalue weighted by Crippen LogP contribution is 2.18. The van der Waals surface area contributed by atoms with E-state index < -0.39 is 0 Å². The van der Waals surface area contributed by atoms with Gasteiger partial charge in [-0.05, 0) is 25.0 Å². The maximum absolute atomic E-state index is 12.5. The van der Waals surface area contributed by atoms with E-state index in [0.717, 1.165) is 37.0 Å². The van der Waals surface area contributed by atoms with Gasteiger partial charge in [0.2, 0.25) is 0 Å². The van der Waals surface area contributed by atoms with E-state index in [9.17, 15) is 4.79 Å². The van der Waals surface area contributed by atoms with Crippen LogP contribution >= 0.6 is 0 Å². The van der Waals surface area contributed by atoms with Gasteiger partial charge in [-0.1, -0.05) is 6.07 Å². The van der Waals surface area contributed by atoms with Crippen molar-refractivity contribution < 1.29 is 9.53 Å². The van der Waals surface area contributed by atoms with E-state index in [0.29, 0.717) is 5.56 Å². The number of ether oxygens (including phenoxy) is 1. The number of amides is 1. The second kappa shape index (κ2) is 5.01. The molecular weight excluding hydrogens is 242 g/mol. The molecule has 5 nitrogen and oxygen atoms in total. The number of benzene rings is 1. The Balaban J connectivity index is 1.81. The molecule has 1 aliphatic heterocycles. The highest BCUT2D eigenvalue weighted by molar-refractivity contribution is 5.97. The Morgan fingerprint density at radius 3 is 3.00 bits per heavy atom. The summed E-state index contributed by atoms with van der Waals surface area (Å²) >= 11 is 0. The molecule has 1 saturated heterocycles. The molecule has 1 fully saturated rings. The minimum absolute atomic E-state index is 0.0587. The molecule has 0 atom stereocenters. The smallest absolute Gasteiger partial charge is 0.253 e. The zero-order chi connectivity index (χ0) is 13.2. The van der Waals surface area contributed by atoms with Gasteiger partial charge in [0.1, 0.15) is 0 Å². The number of hydrogen-bond acceptors (Lipinski definition) is 3. The summed E-state index contributed by atoms with van der Waals surface area (Å²) < 4.78 is 5.33. The number of aromatic nitrogens is 2. The number of rotatable bonds is 2. The van der Waals surface area contributed by atoms with Gasteiger partial charge in [0.05, 0.1) is 11.7 Å². The van der Waals surface area contributed by atoms with Gasteiger partial charge in [-0.3, -0.25) is 9.89 Å². The van der Waals surface area contributed by atoms with Gasteiger partial charge < -0.3 is 9.64 Å². The van der Waals surface area contributed by atoms with Crippen molar-refractivity contribution in [2.24, 2.45) is 0 Å². The van der Waals surface area contributed by atoms with E-state index in [1.54, 1.807) is 6.20 Å². The third-order valence-electron chi connectivity index (χ3n) is 3.75. The fourth-order valence-electron chi connectivity index (χ4n) is 2.51. The van der Waals surface area contributed by atoms with Crippen LogP contribution in [0.4, 0.5) is 0 Å². The standard InChI is InChI=1S/C14H17N3O2/c1-17(12-4-6-19-7-5-12)14(18)10-2-3-11-9-15-16-13(11)8-10/h2-3,8-9,12H,4-7H2,1H3,(H,15,16). The third-order valence-corrected chi connectivity index (χ3v) is 3.75. The number of hydrogen-bond donors (Lipinski definition) is 1. The highest BCUT2D eigenvalue weighted by atomic mass is 16.5. The summed E-state index contributed by atoms with van der Waals surface area (Å²) in [6, 6.07) is 5.92. The van der Waals surface area contributed by atoms with Crippen molar-refractivity contribution in [2.75, 3.05) is 20.3 Å². The summed E-state index contributed by atoms with van der Waals surface area (Å²) in [6.45, 7) is 1.48. The zero-order valence-electron chi connectivity index (χ0n) is 10.9. The SMILES string of the molecule is CN(C(=O)c1ccc2cn[nH]c2c1)C1CCOCC1. The maximum atomic E-state index is 12.5. The zero-order valence-corrected chi connectivity index (χ0v) is 10.9. The van der Waals surface area contributed by atoms with Crippen molar-refractivity contribution >= 4 is 16.8 Å². The quantitative estimate of drug-likeness (QED) is 0.895. The molecule has 2 aromatic rings. The predicted molar refractivity (Wildman–Crippen MR) is 72.0 cm³/mol. The monoisotopic (exact) mass is 259 g/mol. The van der Waals surface area contributed by atoms with Crippen LogP contribution in [0.15, 0.2) is 24.4 Å². The van der Waals surface area contributed by atoms with E-state index in [1.165, 1.54) is 0 Å². The summed E-state index contributed by atoms with van der Waals surface area (Å²) in [5.41, 5.74) is 1.59. The number of aromatic amines is 1. The summed E-state index contributed by atoms with van der Waals surface area (Å²) in [5.74, 6) is 0.0587. The van der Waals surface area contributed by atoms with Crippen molar-refractivity contribution in [3.63, 3.8) is 0 Å². The first-order valence-electron chi connectivity index (χ1n) is 6.54. The van der Waals surface area contributed by atoms with Crippen molar-refractivity contribution in [1.82, 2.24) is 15.1 Å². The molecular formula is C14H17N3O2. The van der Waals surface area contributed by atoms with Gasteiger partial charge in [-0.2, -0.15) is 5.10 Å². The Labute approximate surface area is 111 Å². The lowest BCUT2D eigenvalue weighted by Gasteiger charge is -2.31. The molecule has 0 spiro atoms. The van der Waals surface area contributed by atoms with Crippen LogP contribution in [0, 0.1) is 0 Å². The summed E-state index contributed by atoms with van der Waals surface area (Å²) in [6.07, 6.45) is 3.58. The van der Waals surface area contributed by atoms with Crippen LogP contribution < -0.4 is 0 Å². The third kappa shape index (κ3) is 2.33. The molecule has 0 saturated carbocycles. The van der Waals surface area contributed by atoms with Gasteiger partial charge in [0, 0.05) is 37.3 Å². The van der Waals surface area contributed by atoms with Crippen LogP contribution in [0.5, 0.6) is 0 Å². The Hall–Kier alpha value is -1.88. The van der Waals surface area contributed by atoms with Gasteiger partial charge in [-0.25, -0.2) is 0 Å². The van der Waals surface area contributed by atoms with Crippen LogP contribution in [-0.4, -0.2) is 47.3 Å². The van der Waals surface area contributed by atoms with E-state index in [2.05, 4.69) is 10.2 Å².